The van der Waals surface area contributed by atoms with Gasteiger partial charge in [-0.1, -0.05) is 23.7 Å². The number of hydrogen-bond acceptors (Lipinski definition) is 3. The van der Waals surface area contributed by atoms with Crippen molar-refractivity contribution >= 4 is 23.1 Å². The summed E-state index contributed by atoms with van der Waals surface area (Å²) in [5.41, 5.74) is 2.00. The van der Waals surface area contributed by atoms with Crippen LogP contribution in [-0.2, 0) is 0 Å². The quantitative estimate of drug-likeness (QED) is 0.807. The summed E-state index contributed by atoms with van der Waals surface area (Å²) in [5, 5.41) is 9.22. The molecule has 0 fully saturated rings. The minimum atomic E-state index is -0.0394. The second kappa shape index (κ2) is 6.23. The van der Waals surface area contributed by atoms with Crippen molar-refractivity contribution in [3.05, 3.63) is 64.7 Å². The topological polar surface area (TPSA) is 44.1 Å². The molecular weight excluding hydrogens is 272 g/mol. The first-order valence-corrected chi connectivity index (χ1v) is 6.48. The predicted octanol–water partition coefficient (Wildman–Crippen LogP) is 3.53. The Hall–Kier alpha value is -2.31. The number of halogens is 1. The Bertz CT molecular complexity index is 659. The van der Waals surface area contributed by atoms with Crippen molar-refractivity contribution in [1.29, 1.82) is 5.26 Å². The maximum absolute atomic E-state index is 12.2. The summed E-state index contributed by atoms with van der Waals surface area (Å²) in [7, 11) is 1.83. The van der Waals surface area contributed by atoms with Crippen LogP contribution < -0.4 is 4.90 Å². The minimum Gasteiger partial charge on any atom is -0.367 e. The molecule has 3 nitrogen and oxygen atoms in total. The van der Waals surface area contributed by atoms with Gasteiger partial charge in [-0.25, -0.2) is 0 Å². The second-order valence-corrected chi connectivity index (χ2v) is 4.82. The highest BCUT2D eigenvalue weighted by molar-refractivity contribution is 6.34. The molecule has 2 aromatic carbocycles. The number of nitriles is 1. The molecule has 0 radical (unpaired) electrons. The van der Waals surface area contributed by atoms with Crippen LogP contribution in [0.1, 0.15) is 15.9 Å². The SMILES string of the molecule is CN(CC(=O)c1ccccc1Cl)c1ccc(C#N)cc1. The van der Waals surface area contributed by atoms with Crippen LogP contribution in [0, 0.1) is 11.3 Å². The van der Waals surface area contributed by atoms with Crippen LogP contribution in [0.4, 0.5) is 5.69 Å². The van der Waals surface area contributed by atoms with Crippen LogP contribution in [0.3, 0.4) is 0 Å². The molecule has 100 valence electrons. The maximum Gasteiger partial charge on any atom is 0.183 e. The molecule has 0 amide bonds. The smallest absolute Gasteiger partial charge is 0.183 e. The van der Waals surface area contributed by atoms with E-state index in [1.165, 1.54) is 0 Å². The van der Waals surface area contributed by atoms with Crippen molar-refractivity contribution < 1.29 is 4.79 Å². The first-order valence-electron chi connectivity index (χ1n) is 6.11. The summed E-state index contributed by atoms with van der Waals surface area (Å²) in [6.45, 7) is 0.232. The number of anilines is 1. The van der Waals surface area contributed by atoms with E-state index in [1.54, 1.807) is 36.4 Å². The van der Waals surface area contributed by atoms with E-state index in [0.29, 0.717) is 16.1 Å². The van der Waals surface area contributed by atoms with Gasteiger partial charge in [-0.15, -0.1) is 0 Å². The Morgan fingerprint density at radius 3 is 2.45 bits per heavy atom. The van der Waals surface area contributed by atoms with Gasteiger partial charge in [0.1, 0.15) is 0 Å². The third-order valence-corrected chi connectivity index (χ3v) is 3.32. The van der Waals surface area contributed by atoms with Crippen LogP contribution in [0.15, 0.2) is 48.5 Å². The fourth-order valence-corrected chi connectivity index (χ4v) is 2.11. The van der Waals surface area contributed by atoms with Crippen LogP contribution >= 0.6 is 11.6 Å². The minimum absolute atomic E-state index is 0.0394. The molecule has 0 saturated heterocycles. The zero-order valence-electron chi connectivity index (χ0n) is 11.0. The average molecular weight is 285 g/mol. The molecule has 2 rings (SSSR count). The fraction of sp³-hybridized carbons (Fsp3) is 0.125. The van der Waals surface area contributed by atoms with Crippen molar-refractivity contribution in [3.8, 4) is 6.07 Å². The fourth-order valence-electron chi connectivity index (χ4n) is 1.87. The molecule has 2 aromatic rings. The van der Waals surface area contributed by atoms with E-state index in [2.05, 4.69) is 6.07 Å². The Morgan fingerprint density at radius 2 is 1.85 bits per heavy atom. The number of rotatable bonds is 4. The van der Waals surface area contributed by atoms with Crippen LogP contribution in [0.5, 0.6) is 0 Å². The number of ketones is 1. The average Bonchev–Trinajstić information content (AvgIpc) is 2.47. The van der Waals surface area contributed by atoms with Gasteiger partial charge >= 0.3 is 0 Å². The van der Waals surface area contributed by atoms with Crippen molar-refractivity contribution in [3.63, 3.8) is 0 Å². The highest BCUT2D eigenvalue weighted by atomic mass is 35.5. The molecule has 0 spiro atoms. The molecule has 0 aliphatic rings. The number of carbonyl (C=O) groups excluding carboxylic acids is 1. The molecule has 0 aliphatic carbocycles. The molecule has 0 bridgehead atoms. The van der Waals surface area contributed by atoms with Gasteiger partial charge in [-0.3, -0.25) is 4.79 Å². The Balaban J connectivity index is 2.11. The van der Waals surface area contributed by atoms with Gasteiger partial charge in [0.25, 0.3) is 0 Å². The van der Waals surface area contributed by atoms with Crippen LogP contribution in [0.25, 0.3) is 0 Å². The Morgan fingerprint density at radius 1 is 1.20 bits per heavy atom. The summed E-state index contributed by atoms with van der Waals surface area (Å²) < 4.78 is 0. The van der Waals surface area contributed by atoms with Crippen molar-refractivity contribution in [2.75, 3.05) is 18.5 Å². The van der Waals surface area contributed by atoms with E-state index in [-0.39, 0.29) is 12.3 Å². The number of Topliss-reactive ketones (excluding diaryl/α,β-unsaturated/α-hetero) is 1. The zero-order chi connectivity index (χ0) is 14.5. The van der Waals surface area contributed by atoms with Gasteiger partial charge in [0.2, 0.25) is 0 Å². The highest BCUT2D eigenvalue weighted by Gasteiger charge is 2.12. The lowest BCUT2D eigenvalue weighted by Crippen LogP contribution is -2.25. The standard InChI is InChI=1S/C16H13ClN2O/c1-19(13-8-6-12(10-18)7-9-13)11-16(20)14-4-2-3-5-15(14)17/h2-9H,11H2,1H3. The third kappa shape index (κ3) is 3.17. The van der Waals surface area contributed by atoms with E-state index in [1.807, 2.05) is 24.1 Å². The van der Waals surface area contributed by atoms with Gasteiger partial charge < -0.3 is 4.90 Å². The van der Waals surface area contributed by atoms with Crippen molar-refractivity contribution in [2.45, 2.75) is 0 Å². The lowest BCUT2D eigenvalue weighted by molar-refractivity contribution is 0.100. The largest absolute Gasteiger partial charge is 0.367 e. The van der Waals surface area contributed by atoms with E-state index < -0.39 is 0 Å². The molecule has 20 heavy (non-hydrogen) atoms. The van der Waals surface area contributed by atoms with E-state index in [0.717, 1.165) is 5.69 Å². The number of hydrogen-bond donors (Lipinski definition) is 0. The summed E-state index contributed by atoms with van der Waals surface area (Å²) in [4.78, 5) is 14.0. The normalized spacial score (nSPS) is 9.85. The molecule has 0 aliphatic heterocycles. The maximum atomic E-state index is 12.2. The van der Waals surface area contributed by atoms with Gasteiger partial charge in [0.05, 0.1) is 23.2 Å². The van der Waals surface area contributed by atoms with Crippen LogP contribution in [0.2, 0.25) is 5.02 Å². The van der Waals surface area contributed by atoms with Gasteiger partial charge in [-0.2, -0.15) is 5.26 Å². The zero-order valence-corrected chi connectivity index (χ0v) is 11.8. The summed E-state index contributed by atoms with van der Waals surface area (Å²) in [5.74, 6) is -0.0394. The van der Waals surface area contributed by atoms with E-state index >= 15 is 0 Å². The summed E-state index contributed by atoms with van der Waals surface area (Å²) in [6.07, 6.45) is 0. The second-order valence-electron chi connectivity index (χ2n) is 4.42. The lowest BCUT2D eigenvalue weighted by atomic mass is 10.1. The lowest BCUT2D eigenvalue weighted by Gasteiger charge is -2.18. The van der Waals surface area contributed by atoms with E-state index in [4.69, 9.17) is 16.9 Å². The third-order valence-electron chi connectivity index (χ3n) is 2.99. The molecule has 4 heteroatoms. The number of carbonyl (C=O) groups is 1. The number of benzene rings is 2. The van der Waals surface area contributed by atoms with Gasteiger partial charge in [0, 0.05) is 18.3 Å². The molecule has 0 saturated carbocycles. The number of likely N-dealkylation sites (N-methyl/N-ethyl adjacent to an activating group) is 1. The monoisotopic (exact) mass is 284 g/mol. The summed E-state index contributed by atoms with van der Waals surface area (Å²) in [6, 6.07) is 16.2. The van der Waals surface area contributed by atoms with Crippen molar-refractivity contribution in [1.82, 2.24) is 0 Å². The first-order chi connectivity index (χ1) is 9.61. The molecule has 0 unspecified atom stereocenters. The molecule has 0 N–H and O–H groups in total. The predicted molar refractivity (Wildman–Crippen MR) is 80.2 cm³/mol. The van der Waals surface area contributed by atoms with Crippen molar-refractivity contribution in [2.24, 2.45) is 0 Å². The van der Waals surface area contributed by atoms with Gasteiger partial charge in [0.15, 0.2) is 5.78 Å². The van der Waals surface area contributed by atoms with Crippen LogP contribution in [-0.4, -0.2) is 19.4 Å². The highest BCUT2D eigenvalue weighted by Crippen LogP contribution is 2.18. The molecule has 0 atom stereocenters. The molecular formula is C16H13ClN2O. The summed E-state index contributed by atoms with van der Waals surface area (Å²) >= 11 is 6.01. The first kappa shape index (κ1) is 14.1. The van der Waals surface area contributed by atoms with E-state index in [9.17, 15) is 4.79 Å². The Labute approximate surface area is 123 Å². The number of nitrogens with zero attached hydrogens (tertiary/aromatic N) is 2. The molecule has 0 heterocycles. The molecule has 0 aromatic heterocycles. The van der Waals surface area contributed by atoms with Gasteiger partial charge in [-0.05, 0) is 36.4 Å². The Kier molecular flexibility index (Phi) is 4.39.